The molecule has 3 rings (SSSR count). The summed E-state index contributed by atoms with van der Waals surface area (Å²) in [5, 5.41) is 9.02. The van der Waals surface area contributed by atoms with Gasteiger partial charge in [0.1, 0.15) is 11.6 Å². The molecule has 0 aliphatic rings. The molecule has 0 atom stereocenters. The van der Waals surface area contributed by atoms with Crippen LogP contribution in [0.1, 0.15) is 10.4 Å². The molecular formula is C20H18FN3O2S. The Morgan fingerprint density at radius 2 is 1.96 bits per heavy atom. The number of ketones is 1. The minimum Gasteiger partial charge on any atom is -0.496 e. The molecule has 0 saturated carbocycles. The van der Waals surface area contributed by atoms with Crippen LogP contribution in [0.3, 0.4) is 0 Å². The van der Waals surface area contributed by atoms with Crippen LogP contribution in [-0.4, -0.2) is 33.4 Å². The Hall–Kier alpha value is -2.93. The monoisotopic (exact) mass is 383 g/mol. The van der Waals surface area contributed by atoms with Crippen molar-refractivity contribution in [2.45, 2.75) is 11.7 Å². The lowest BCUT2D eigenvalue weighted by Gasteiger charge is -2.10. The fraction of sp³-hybridized carbons (Fsp3) is 0.150. The number of hydrogen-bond donors (Lipinski definition) is 0. The molecule has 5 nitrogen and oxygen atoms in total. The third kappa shape index (κ3) is 4.09. The number of para-hydroxylation sites is 1. The number of aromatic nitrogens is 3. The number of carbonyl (C=O) groups excluding carboxylic acids is 1. The zero-order chi connectivity index (χ0) is 19.2. The predicted molar refractivity (Wildman–Crippen MR) is 104 cm³/mol. The van der Waals surface area contributed by atoms with Crippen molar-refractivity contribution in [3.05, 3.63) is 72.6 Å². The maximum atomic E-state index is 13.8. The smallest absolute Gasteiger partial charge is 0.192 e. The Morgan fingerprint density at radius 3 is 2.70 bits per heavy atom. The number of Topliss-reactive ketones (excluding diaryl/α,β-unsaturated/α-hetero) is 1. The lowest BCUT2D eigenvalue weighted by Crippen LogP contribution is -2.07. The van der Waals surface area contributed by atoms with Crippen LogP contribution in [0, 0.1) is 5.82 Å². The number of hydrogen-bond acceptors (Lipinski definition) is 5. The number of thioether (sulfide) groups is 1. The van der Waals surface area contributed by atoms with E-state index in [0.717, 1.165) is 5.56 Å². The highest BCUT2D eigenvalue weighted by molar-refractivity contribution is 7.99. The van der Waals surface area contributed by atoms with Crippen LogP contribution in [0.15, 0.2) is 66.3 Å². The van der Waals surface area contributed by atoms with Gasteiger partial charge in [-0.3, -0.25) is 9.36 Å². The Labute approximate surface area is 160 Å². The van der Waals surface area contributed by atoms with Crippen LogP contribution in [0.2, 0.25) is 0 Å². The van der Waals surface area contributed by atoms with E-state index in [4.69, 9.17) is 4.74 Å². The third-order valence-electron chi connectivity index (χ3n) is 3.88. The summed E-state index contributed by atoms with van der Waals surface area (Å²) >= 11 is 1.21. The maximum absolute atomic E-state index is 13.8. The van der Waals surface area contributed by atoms with Gasteiger partial charge in [0.05, 0.1) is 24.0 Å². The molecule has 0 spiro atoms. The van der Waals surface area contributed by atoms with Gasteiger partial charge in [-0.15, -0.1) is 16.8 Å². The number of halogens is 1. The molecule has 0 amide bonds. The van der Waals surface area contributed by atoms with Crippen molar-refractivity contribution in [2.75, 3.05) is 12.9 Å². The highest BCUT2D eigenvalue weighted by Crippen LogP contribution is 2.31. The molecule has 3 aromatic rings. The number of allylic oxidation sites excluding steroid dienone is 1. The van der Waals surface area contributed by atoms with Crippen LogP contribution >= 0.6 is 11.8 Å². The van der Waals surface area contributed by atoms with Crippen molar-refractivity contribution < 1.29 is 13.9 Å². The summed E-state index contributed by atoms with van der Waals surface area (Å²) in [6, 6.07) is 13.4. The minimum absolute atomic E-state index is 0.0577. The summed E-state index contributed by atoms with van der Waals surface area (Å²) in [5.74, 6) is 0.528. The number of carbonyl (C=O) groups is 1. The average Bonchev–Trinajstić information content (AvgIpc) is 3.09. The van der Waals surface area contributed by atoms with E-state index in [1.807, 2.05) is 28.8 Å². The summed E-state index contributed by atoms with van der Waals surface area (Å²) < 4.78 is 21.0. The SMILES string of the molecule is C=CCn1c(SCC(=O)c2ccccc2F)nnc1-c1ccccc1OC. The van der Waals surface area contributed by atoms with Gasteiger partial charge < -0.3 is 4.74 Å². The van der Waals surface area contributed by atoms with Crippen LogP contribution in [0.25, 0.3) is 11.4 Å². The number of ether oxygens (including phenoxy) is 1. The zero-order valence-corrected chi connectivity index (χ0v) is 15.6. The van der Waals surface area contributed by atoms with Gasteiger partial charge >= 0.3 is 0 Å². The van der Waals surface area contributed by atoms with Gasteiger partial charge in [0.2, 0.25) is 0 Å². The fourth-order valence-electron chi connectivity index (χ4n) is 2.61. The number of rotatable bonds is 8. The summed E-state index contributed by atoms with van der Waals surface area (Å²) in [6.45, 7) is 4.24. The van der Waals surface area contributed by atoms with E-state index >= 15 is 0 Å². The van der Waals surface area contributed by atoms with Crippen LogP contribution in [-0.2, 0) is 6.54 Å². The molecule has 0 unspecified atom stereocenters. The minimum atomic E-state index is -0.523. The second-order valence-electron chi connectivity index (χ2n) is 5.60. The topological polar surface area (TPSA) is 57.0 Å². The van der Waals surface area contributed by atoms with E-state index in [0.29, 0.717) is 23.3 Å². The third-order valence-corrected chi connectivity index (χ3v) is 4.85. The molecule has 0 fully saturated rings. The van der Waals surface area contributed by atoms with E-state index in [2.05, 4.69) is 16.8 Å². The predicted octanol–water partition coefficient (Wildman–Crippen LogP) is 4.25. The van der Waals surface area contributed by atoms with E-state index < -0.39 is 5.82 Å². The van der Waals surface area contributed by atoms with Crippen molar-refractivity contribution in [3.8, 4) is 17.1 Å². The van der Waals surface area contributed by atoms with Crippen molar-refractivity contribution in [1.82, 2.24) is 14.8 Å². The first-order valence-electron chi connectivity index (χ1n) is 8.23. The number of nitrogens with zero attached hydrogens (tertiary/aromatic N) is 3. The summed E-state index contributed by atoms with van der Waals surface area (Å²) in [7, 11) is 1.59. The Balaban J connectivity index is 1.86. The normalized spacial score (nSPS) is 10.6. The Kier molecular flexibility index (Phi) is 6.03. The molecule has 0 aliphatic heterocycles. The molecule has 0 saturated heterocycles. The first-order valence-corrected chi connectivity index (χ1v) is 9.22. The molecule has 27 heavy (non-hydrogen) atoms. The summed E-state index contributed by atoms with van der Waals surface area (Å²) in [6.07, 6.45) is 1.73. The molecule has 0 bridgehead atoms. The Morgan fingerprint density at radius 1 is 1.22 bits per heavy atom. The van der Waals surface area contributed by atoms with Crippen molar-refractivity contribution in [1.29, 1.82) is 0 Å². The second kappa shape index (κ2) is 8.64. The van der Waals surface area contributed by atoms with Gasteiger partial charge in [0.25, 0.3) is 0 Å². The van der Waals surface area contributed by atoms with E-state index in [-0.39, 0.29) is 17.1 Å². The number of benzene rings is 2. The van der Waals surface area contributed by atoms with Gasteiger partial charge in [0, 0.05) is 6.54 Å². The lowest BCUT2D eigenvalue weighted by atomic mass is 10.1. The van der Waals surface area contributed by atoms with Gasteiger partial charge in [-0.05, 0) is 24.3 Å². The quantitative estimate of drug-likeness (QED) is 0.331. The molecule has 0 aliphatic carbocycles. The standard InChI is InChI=1S/C20H18FN3O2S/c1-3-12-24-19(15-9-5-7-11-18(15)26-2)22-23-20(24)27-13-17(25)14-8-4-6-10-16(14)21/h3-11H,1,12-13H2,2H3. The lowest BCUT2D eigenvalue weighted by molar-refractivity contribution is 0.101. The Bertz CT molecular complexity index is 971. The molecule has 7 heteroatoms. The molecule has 138 valence electrons. The molecule has 2 aromatic carbocycles. The molecular weight excluding hydrogens is 365 g/mol. The van der Waals surface area contributed by atoms with E-state index in [1.54, 1.807) is 25.3 Å². The van der Waals surface area contributed by atoms with Gasteiger partial charge in [-0.1, -0.05) is 42.1 Å². The van der Waals surface area contributed by atoms with Crippen LogP contribution in [0.4, 0.5) is 4.39 Å². The molecule has 0 radical (unpaired) electrons. The first-order chi connectivity index (χ1) is 13.2. The van der Waals surface area contributed by atoms with E-state index in [1.165, 1.54) is 23.9 Å². The molecule has 0 N–H and O–H groups in total. The van der Waals surface area contributed by atoms with Gasteiger partial charge in [0.15, 0.2) is 16.8 Å². The van der Waals surface area contributed by atoms with Crippen molar-refractivity contribution in [2.24, 2.45) is 0 Å². The highest BCUT2D eigenvalue weighted by atomic mass is 32.2. The zero-order valence-electron chi connectivity index (χ0n) is 14.8. The van der Waals surface area contributed by atoms with Crippen LogP contribution < -0.4 is 4.74 Å². The van der Waals surface area contributed by atoms with Gasteiger partial charge in [-0.2, -0.15) is 0 Å². The molecule has 1 aromatic heterocycles. The molecule has 1 heterocycles. The summed E-state index contributed by atoms with van der Waals surface area (Å²) in [4.78, 5) is 12.3. The average molecular weight is 383 g/mol. The first kappa shape index (κ1) is 18.8. The van der Waals surface area contributed by atoms with Crippen molar-refractivity contribution >= 4 is 17.5 Å². The van der Waals surface area contributed by atoms with Crippen LogP contribution in [0.5, 0.6) is 5.75 Å². The summed E-state index contributed by atoms with van der Waals surface area (Å²) in [5.41, 5.74) is 0.867. The van der Waals surface area contributed by atoms with Gasteiger partial charge in [-0.25, -0.2) is 4.39 Å². The fourth-order valence-corrected chi connectivity index (χ4v) is 3.44. The maximum Gasteiger partial charge on any atom is 0.192 e. The largest absolute Gasteiger partial charge is 0.496 e. The highest BCUT2D eigenvalue weighted by Gasteiger charge is 2.18. The second-order valence-corrected chi connectivity index (χ2v) is 6.54. The van der Waals surface area contributed by atoms with Crippen molar-refractivity contribution in [3.63, 3.8) is 0 Å². The number of methoxy groups -OCH3 is 1. The van der Waals surface area contributed by atoms with E-state index in [9.17, 15) is 9.18 Å².